The molecule has 0 saturated carbocycles. The molecule has 0 aliphatic rings. The average Bonchev–Trinajstić information content (AvgIpc) is 2.47. The number of amides is 3. The Kier molecular flexibility index (Phi) is 4.57. The number of para-hydroxylation sites is 1. The first-order valence-electron chi connectivity index (χ1n) is 6.15. The second-order valence-corrected chi connectivity index (χ2v) is 5.54. The number of rotatable bonds is 3. The molecule has 0 aliphatic carbocycles. The van der Waals surface area contributed by atoms with Crippen molar-refractivity contribution in [1.82, 2.24) is 15.6 Å². The summed E-state index contributed by atoms with van der Waals surface area (Å²) in [5.74, 6) is -0.331. The van der Waals surface area contributed by atoms with Crippen LogP contribution in [0.15, 0.2) is 41.4 Å². The van der Waals surface area contributed by atoms with Crippen molar-refractivity contribution >= 4 is 34.6 Å². The van der Waals surface area contributed by atoms with Crippen molar-refractivity contribution in [2.24, 2.45) is 0 Å². The van der Waals surface area contributed by atoms with Crippen LogP contribution in [-0.2, 0) is 4.79 Å². The van der Waals surface area contributed by atoms with Crippen molar-refractivity contribution in [2.75, 3.05) is 7.05 Å². The number of hydrogen-bond acceptors (Lipinski definition) is 4. The van der Waals surface area contributed by atoms with E-state index in [9.17, 15) is 9.59 Å². The minimum absolute atomic E-state index is 0.331. The van der Waals surface area contributed by atoms with Gasteiger partial charge >= 0.3 is 6.03 Å². The van der Waals surface area contributed by atoms with Gasteiger partial charge in [0.15, 0.2) is 0 Å². The Hall–Kier alpha value is -2.08. The van der Waals surface area contributed by atoms with Gasteiger partial charge in [-0.05, 0) is 19.1 Å². The van der Waals surface area contributed by atoms with Gasteiger partial charge in [-0.1, -0.05) is 18.2 Å². The summed E-state index contributed by atoms with van der Waals surface area (Å²) >= 11 is 1.38. The minimum Gasteiger partial charge on any atom is -0.341 e. The third kappa shape index (κ3) is 3.27. The number of nitrogens with one attached hydrogen (secondary N) is 2. The number of imide groups is 1. The molecule has 1 aromatic heterocycles. The Morgan fingerprint density at radius 2 is 2.00 bits per heavy atom. The summed E-state index contributed by atoms with van der Waals surface area (Å²) in [4.78, 5) is 28.2. The molecular formula is C14H15N3O2S. The summed E-state index contributed by atoms with van der Waals surface area (Å²) in [6.45, 7) is 1.75. The maximum atomic E-state index is 11.8. The number of benzene rings is 1. The van der Waals surface area contributed by atoms with Gasteiger partial charge in [-0.25, -0.2) is 4.79 Å². The molecule has 1 heterocycles. The molecule has 0 saturated heterocycles. The van der Waals surface area contributed by atoms with Crippen LogP contribution in [0.2, 0.25) is 0 Å². The number of aromatic nitrogens is 1. The molecule has 1 atom stereocenters. The Bertz CT molecular complexity index is 640. The van der Waals surface area contributed by atoms with E-state index in [2.05, 4.69) is 15.6 Å². The van der Waals surface area contributed by atoms with Gasteiger partial charge in [0.05, 0.1) is 10.8 Å². The second-order valence-electron chi connectivity index (χ2n) is 4.16. The lowest BCUT2D eigenvalue weighted by atomic mass is 10.2. The summed E-state index contributed by atoms with van der Waals surface area (Å²) in [6.07, 6.45) is 1.72. The highest BCUT2D eigenvalue weighted by Crippen LogP contribution is 2.29. The molecule has 0 radical (unpaired) electrons. The lowest BCUT2D eigenvalue weighted by molar-refractivity contribution is -0.119. The highest BCUT2D eigenvalue weighted by molar-refractivity contribution is 8.00. The summed E-state index contributed by atoms with van der Waals surface area (Å²) in [6, 6.07) is 9.17. The van der Waals surface area contributed by atoms with Gasteiger partial charge in [0.25, 0.3) is 0 Å². The molecule has 2 N–H and O–H groups in total. The minimum atomic E-state index is -0.501. The molecule has 2 rings (SSSR count). The fourth-order valence-electron chi connectivity index (χ4n) is 1.69. The number of fused-ring (bicyclic) bond motifs is 1. The van der Waals surface area contributed by atoms with Gasteiger partial charge < -0.3 is 5.32 Å². The van der Waals surface area contributed by atoms with E-state index in [1.807, 2.05) is 30.3 Å². The van der Waals surface area contributed by atoms with E-state index >= 15 is 0 Å². The van der Waals surface area contributed by atoms with Gasteiger partial charge in [0.2, 0.25) is 5.91 Å². The van der Waals surface area contributed by atoms with Gasteiger partial charge in [0, 0.05) is 23.5 Å². The third-order valence-electron chi connectivity index (χ3n) is 2.73. The molecule has 6 heteroatoms. The summed E-state index contributed by atoms with van der Waals surface area (Å²) < 4.78 is 0. The van der Waals surface area contributed by atoms with E-state index in [4.69, 9.17) is 0 Å². The first-order chi connectivity index (χ1) is 9.61. The molecule has 2 aromatic rings. The number of thioether (sulfide) groups is 1. The van der Waals surface area contributed by atoms with Crippen molar-refractivity contribution in [3.05, 3.63) is 36.5 Å². The Labute approximate surface area is 121 Å². The zero-order valence-corrected chi connectivity index (χ0v) is 12.0. The van der Waals surface area contributed by atoms with Crippen LogP contribution in [0.5, 0.6) is 0 Å². The van der Waals surface area contributed by atoms with Crippen LogP contribution in [0.1, 0.15) is 6.92 Å². The lowest BCUT2D eigenvalue weighted by Gasteiger charge is -2.12. The third-order valence-corrected chi connectivity index (χ3v) is 3.88. The Balaban J connectivity index is 2.15. The number of hydrogen-bond donors (Lipinski definition) is 2. The van der Waals surface area contributed by atoms with E-state index < -0.39 is 6.03 Å². The second kappa shape index (κ2) is 6.38. The van der Waals surface area contributed by atoms with Crippen LogP contribution >= 0.6 is 11.8 Å². The molecule has 5 nitrogen and oxygen atoms in total. The van der Waals surface area contributed by atoms with Crippen LogP contribution in [0.25, 0.3) is 10.9 Å². The molecule has 0 bridgehead atoms. The van der Waals surface area contributed by atoms with Crippen LogP contribution < -0.4 is 10.6 Å². The highest BCUT2D eigenvalue weighted by Gasteiger charge is 2.17. The predicted octanol–water partition coefficient (Wildman–Crippen LogP) is 2.17. The summed E-state index contributed by atoms with van der Waals surface area (Å²) in [5, 5.41) is 5.25. The van der Waals surface area contributed by atoms with Crippen molar-refractivity contribution in [2.45, 2.75) is 17.1 Å². The standard InChI is InChI=1S/C14H15N3O2S/c1-9(13(18)17-14(19)15-2)20-11-7-3-5-10-6-4-8-16-12(10)11/h3-9H,1-2H3,(H2,15,17,18,19)/t9-/m0/s1. The van der Waals surface area contributed by atoms with E-state index in [0.717, 1.165) is 15.8 Å². The summed E-state index contributed by atoms with van der Waals surface area (Å²) in [5.41, 5.74) is 0.861. The van der Waals surface area contributed by atoms with Crippen LogP contribution in [0.4, 0.5) is 4.79 Å². The fourth-order valence-corrected chi connectivity index (χ4v) is 2.68. The number of pyridine rings is 1. The van der Waals surface area contributed by atoms with Crippen molar-refractivity contribution in [1.29, 1.82) is 0 Å². The zero-order valence-electron chi connectivity index (χ0n) is 11.2. The predicted molar refractivity (Wildman–Crippen MR) is 79.7 cm³/mol. The molecule has 0 spiro atoms. The van der Waals surface area contributed by atoms with Crippen LogP contribution in [0.3, 0.4) is 0 Å². The average molecular weight is 289 g/mol. The SMILES string of the molecule is CNC(=O)NC(=O)[C@H](C)Sc1cccc2cccnc12. The molecule has 20 heavy (non-hydrogen) atoms. The van der Waals surface area contributed by atoms with Crippen molar-refractivity contribution < 1.29 is 9.59 Å². The quantitative estimate of drug-likeness (QED) is 0.850. The monoisotopic (exact) mass is 289 g/mol. The molecule has 1 aromatic carbocycles. The molecule has 3 amide bonds. The Morgan fingerprint density at radius 1 is 1.25 bits per heavy atom. The number of nitrogens with zero attached hydrogens (tertiary/aromatic N) is 1. The van der Waals surface area contributed by atoms with Crippen molar-refractivity contribution in [3.63, 3.8) is 0 Å². The maximum Gasteiger partial charge on any atom is 0.321 e. The lowest BCUT2D eigenvalue weighted by Crippen LogP contribution is -2.41. The van der Waals surface area contributed by atoms with Gasteiger partial charge in [-0.3, -0.25) is 15.1 Å². The van der Waals surface area contributed by atoms with Crippen LogP contribution in [-0.4, -0.2) is 29.2 Å². The van der Waals surface area contributed by atoms with E-state index in [1.165, 1.54) is 18.8 Å². The topological polar surface area (TPSA) is 71.1 Å². The van der Waals surface area contributed by atoms with Gasteiger partial charge in [0.1, 0.15) is 0 Å². The zero-order chi connectivity index (χ0) is 14.5. The van der Waals surface area contributed by atoms with E-state index in [0.29, 0.717) is 0 Å². The first kappa shape index (κ1) is 14.3. The highest BCUT2D eigenvalue weighted by atomic mass is 32.2. The molecule has 0 fully saturated rings. The smallest absolute Gasteiger partial charge is 0.321 e. The molecule has 0 aliphatic heterocycles. The molecule has 104 valence electrons. The van der Waals surface area contributed by atoms with Gasteiger partial charge in [-0.2, -0.15) is 0 Å². The van der Waals surface area contributed by atoms with E-state index in [1.54, 1.807) is 13.1 Å². The first-order valence-corrected chi connectivity index (χ1v) is 7.02. The number of urea groups is 1. The molecular weight excluding hydrogens is 274 g/mol. The maximum absolute atomic E-state index is 11.8. The van der Waals surface area contributed by atoms with Crippen molar-refractivity contribution in [3.8, 4) is 0 Å². The summed E-state index contributed by atoms with van der Waals surface area (Å²) in [7, 11) is 1.47. The normalized spacial score (nSPS) is 11.9. The number of carbonyl (C=O) groups excluding carboxylic acids is 2. The number of carbonyl (C=O) groups is 2. The van der Waals surface area contributed by atoms with Crippen LogP contribution in [0, 0.1) is 0 Å². The Morgan fingerprint density at radius 3 is 2.75 bits per heavy atom. The van der Waals surface area contributed by atoms with E-state index in [-0.39, 0.29) is 11.2 Å². The largest absolute Gasteiger partial charge is 0.341 e. The fraction of sp³-hybridized carbons (Fsp3) is 0.214. The molecule has 0 unspecified atom stereocenters. The van der Waals surface area contributed by atoms with Gasteiger partial charge in [-0.15, -0.1) is 11.8 Å².